The molecule has 0 saturated carbocycles. The average molecular weight is 1110 g/mol. The lowest BCUT2D eigenvalue weighted by molar-refractivity contribution is 0.0210. The van der Waals surface area contributed by atoms with Crippen molar-refractivity contribution in [2.75, 3.05) is 39.5 Å². The van der Waals surface area contributed by atoms with Crippen LogP contribution in [0, 0.1) is 0 Å². The Bertz CT molecular complexity index is 2970. The molecule has 17 nitrogen and oxygen atoms in total. The number of rotatable bonds is 10. The Hall–Kier alpha value is -6.28. The standard InChI is InChI=1S/C27H30ClN3O5S.C18H24ClN3O2S.C9H8O4/c1-27(2,3)36-26(33)30-13-5-7-21(30)20-16-17(9-10-18-11-12-23(28)37-18)31(29-20)25(32)19-6-4-8-22-24(19)35-15-14-34-22;1-18(2,3)24-17(23)22-10-4-5-15(22)14-11-12(20-21-14)6-7-13-8-9-16(19)25-13;10-9(11)6-2-1-3-7-8(6)13-5-4-12-7/h4,6,8,11-12,16,21H,5,7,9-10,13-15H2,1-3H3;8-9,11,15H,4-7,10H2,1-3H3,(H,20,21);1-3H,4-5H2,(H,10,11). The second-order valence-electron chi connectivity index (χ2n) is 20.1. The molecule has 4 aliphatic heterocycles. The van der Waals surface area contributed by atoms with Crippen LogP contribution < -0.4 is 18.9 Å². The third-order valence-corrected chi connectivity index (χ3v) is 14.8. The second kappa shape index (κ2) is 24.2. The van der Waals surface area contributed by atoms with Gasteiger partial charge < -0.3 is 33.5 Å². The number of thiophene rings is 2. The fraction of sp³-hybridized carbons (Fsp3) is 0.444. The van der Waals surface area contributed by atoms with Crippen molar-refractivity contribution >= 4 is 69.9 Å². The molecule has 2 N–H and O–H groups in total. The topological polar surface area (TPSA) is 197 Å². The number of likely N-dealkylation sites (tertiary alicyclic amines) is 2. The number of fused-ring (bicyclic) bond motifs is 2. The van der Waals surface area contributed by atoms with E-state index in [1.54, 1.807) is 51.5 Å². The number of benzene rings is 2. The Labute approximate surface area is 453 Å². The molecule has 4 aliphatic rings. The summed E-state index contributed by atoms with van der Waals surface area (Å²) in [5, 5.41) is 21.1. The van der Waals surface area contributed by atoms with Gasteiger partial charge >= 0.3 is 18.2 Å². The summed E-state index contributed by atoms with van der Waals surface area (Å²) in [6, 6.07) is 21.7. The van der Waals surface area contributed by atoms with E-state index in [-0.39, 0.29) is 35.7 Å². The number of carboxylic acids is 1. The number of carboxylic acid groups (broad SMARTS) is 1. The minimum Gasteiger partial charge on any atom is -0.486 e. The average Bonchev–Trinajstić information content (AvgIpc) is 4.24. The van der Waals surface area contributed by atoms with E-state index in [1.807, 2.05) is 65.8 Å². The van der Waals surface area contributed by atoms with Crippen molar-refractivity contribution in [3.8, 4) is 23.0 Å². The van der Waals surface area contributed by atoms with Crippen LogP contribution >= 0.6 is 45.9 Å². The fourth-order valence-electron chi connectivity index (χ4n) is 8.94. The summed E-state index contributed by atoms with van der Waals surface area (Å²) in [6.07, 6.45) is 5.96. The van der Waals surface area contributed by atoms with Crippen LogP contribution in [-0.2, 0) is 35.2 Å². The minimum absolute atomic E-state index is 0.00367. The third-order valence-electron chi connectivity index (χ3n) is 12.2. The quantitative estimate of drug-likeness (QED) is 0.132. The Morgan fingerprint density at radius 2 is 1.17 bits per heavy atom. The van der Waals surface area contributed by atoms with Gasteiger partial charge in [-0.05, 0) is 154 Å². The van der Waals surface area contributed by atoms with Crippen LogP contribution in [-0.4, -0.2) is 110 Å². The van der Waals surface area contributed by atoms with E-state index in [1.165, 1.54) is 27.0 Å². The van der Waals surface area contributed by atoms with Crippen LogP contribution in [0.25, 0.3) is 0 Å². The van der Waals surface area contributed by atoms with Crippen molar-refractivity contribution < 1.29 is 52.7 Å². The first-order valence-electron chi connectivity index (χ1n) is 25.0. The molecular weight excluding hydrogens is 1040 g/mol. The van der Waals surface area contributed by atoms with E-state index in [0.29, 0.717) is 80.1 Å². The maximum atomic E-state index is 13.8. The van der Waals surface area contributed by atoms with Gasteiger partial charge in [-0.1, -0.05) is 35.3 Å². The summed E-state index contributed by atoms with van der Waals surface area (Å²) < 4.78 is 36.1. The van der Waals surface area contributed by atoms with Crippen LogP contribution in [0.4, 0.5) is 9.59 Å². The lowest BCUT2D eigenvalue weighted by Gasteiger charge is -2.27. The Kier molecular flexibility index (Phi) is 17.7. The zero-order valence-electron chi connectivity index (χ0n) is 42.8. The summed E-state index contributed by atoms with van der Waals surface area (Å²) in [6.45, 7) is 14.2. The number of aromatic carboxylic acids is 1. The van der Waals surface area contributed by atoms with Crippen LogP contribution in [0.5, 0.6) is 23.0 Å². The molecule has 0 radical (unpaired) electrons. The van der Waals surface area contributed by atoms with Gasteiger partial charge in [0.1, 0.15) is 43.2 Å². The number of hydrogen-bond donors (Lipinski definition) is 2. The summed E-state index contributed by atoms with van der Waals surface area (Å²) in [5.74, 6) is 0.526. The highest BCUT2D eigenvalue weighted by atomic mass is 35.5. The number of hydrogen-bond acceptors (Lipinski definition) is 14. The highest BCUT2D eigenvalue weighted by Gasteiger charge is 2.37. The van der Waals surface area contributed by atoms with Gasteiger partial charge in [0, 0.05) is 34.2 Å². The van der Waals surface area contributed by atoms with E-state index in [2.05, 4.69) is 22.3 Å². The van der Waals surface area contributed by atoms with Crippen molar-refractivity contribution in [1.29, 1.82) is 0 Å². The predicted molar refractivity (Wildman–Crippen MR) is 286 cm³/mol. The number of aromatic amines is 1. The van der Waals surface area contributed by atoms with Gasteiger partial charge in [-0.25, -0.2) is 19.1 Å². The zero-order valence-corrected chi connectivity index (χ0v) is 46.0. The van der Waals surface area contributed by atoms with Crippen molar-refractivity contribution in [2.24, 2.45) is 0 Å². The molecule has 2 atom stereocenters. The second-order valence-corrected chi connectivity index (χ2v) is 23.7. The van der Waals surface area contributed by atoms with Gasteiger partial charge in [0.05, 0.1) is 37.7 Å². The molecule has 2 fully saturated rings. The minimum atomic E-state index is -0.998. The van der Waals surface area contributed by atoms with Crippen LogP contribution in [0.3, 0.4) is 0 Å². The van der Waals surface area contributed by atoms with Crippen molar-refractivity contribution in [3.05, 3.63) is 125 Å². The monoisotopic (exact) mass is 1100 g/mol. The van der Waals surface area contributed by atoms with E-state index in [9.17, 15) is 19.2 Å². The van der Waals surface area contributed by atoms with Gasteiger partial charge in [-0.15, -0.1) is 22.7 Å². The predicted octanol–water partition coefficient (Wildman–Crippen LogP) is 12.1. The van der Waals surface area contributed by atoms with Crippen molar-refractivity contribution in [2.45, 2.75) is 116 Å². The number of nitrogens with one attached hydrogen (secondary N) is 1. The van der Waals surface area contributed by atoms with Gasteiger partial charge in [0.25, 0.3) is 5.91 Å². The van der Waals surface area contributed by atoms with Crippen LogP contribution in [0.1, 0.15) is 133 Å². The number of aryl methyl sites for hydroxylation is 4. The molecule has 0 spiro atoms. The highest BCUT2D eigenvalue weighted by molar-refractivity contribution is 7.16. The molecule has 2 aromatic carbocycles. The van der Waals surface area contributed by atoms with Crippen molar-refractivity contribution in [3.63, 3.8) is 0 Å². The first-order chi connectivity index (χ1) is 35.8. The van der Waals surface area contributed by atoms with Gasteiger partial charge in [-0.3, -0.25) is 19.7 Å². The van der Waals surface area contributed by atoms with Crippen molar-refractivity contribution in [1.82, 2.24) is 29.8 Å². The summed E-state index contributed by atoms with van der Waals surface area (Å²) in [4.78, 5) is 55.8. The number of halogens is 2. The number of nitrogens with zero attached hydrogens (tertiary/aromatic N) is 5. The maximum absolute atomic E-state index is 13.8. The summed E-state index contributed by atoms with van der Waals surface area (Å²) in [7, 11) is 0. The number of carbonyl (C=O) groups is 4. The first-order valence-corrected chi connectivity index (χ1v) is 27.3. The molecule has 2 saturated heterocycles. The number of amides is 2. The van der Waals surface area contributed by atoms with Gasteiger partial charge in [-0.2, -0.15) is 10.2 Å². The Morgan fingerprint density at radius 3 is 1.69 bits per heavy atom. The number of para-hydroxylation sites is 2. The zero-order chi connectivity index (χ0) is 53.4. The summed E-state index contributed by atoms with van der Waals surface area (Å²) in [5.41, 5.74) is 2.90. The molecular formula is C54H62Cl2N6O11S2. The third kappa shape index (κ3) is 14.4. The summed E-state index contributed by atoms with van der Waals surface area (Å²) >= 11 is 15.2. The largest absolute Gasteiger partial charge is 0.486 e. The molecule has 0 bridgehead atoms. The van der Waals surface area contributed by atoms with E-state index in [0.717, 1.165) is 75.7 Å². The highest BCUT2D eigenvalue weighted by Crippen LogP contribution is 2.38. The van der Waals surface area contributed by atoms with E-state index < -0.39 is 17.2 Å². The lowest BCUT2D eigenvalue weighted by Crippen LogP contribution is -2.36. The normalized spacial score (nSPS) is 16.9. The van der Waals surface area contributed by atoms with Gasteiger partial charge in [0.15, 0.2) is 23.0 Å². The number of ether oxygens (including phenoxy) is 6. The molecule has 6 aromatic rings. The number of H-pyrrole nitrogens is 1. The Balaban J connectivity index is 0.000000168. The van der Waals surface area contributed by atoms with E-state index >= 15 is 0 Å². The molecule has 2 amide bonds. The molecule has 8 heterocycles. The molecule has 0 aliphatic carbocycles. The molecule has 10 rings (SSSR count). The SMILES string of the molecule is CC(C)(C)OC(=O)N1CCCC1c1cc(CCc2ccc(Cl)s2)[nH]n1.CC(C)(C)OC(=O)N1CCCC1c1cc(CCc2ccc(Cl)s2)n(C(=O)c2cccc3c2OCCO3)n1.O=C(O)c1cccc2c1OCCO2. The number of carbonyl (C=O) groups excluding carboxylic acids is 3. The number of aromatic nitrogens is 4. The van der Waals surface area contributed by atoms with Gasteiger partial charge in [0.2, 0.25) is 0 Å². The molecule has 400 valence electrons. The van der Waals surface area contributed by atoms with Crippen LogP contribution in [0.15, 0.2) is 72.8 Å². The van der Waals surface area contributed by atoms with Crippen LogP contribution in [0.2, 0.25) is 8.67 Å². The molecule has 2 unspecified atom stereocenters. The molecule has 4 aromatic heterocycles. The smallest absolute Gasteiger partial charge is 0.410 e. The lowest BCUT2D eigenvalue weighted by atomic mass is 10.1. The fourth-order valence-corrected chi connectivity index (χ4v) is 11.1. The molecule has 21 heteroatoms. The first kappa shape index (κ1) is 55.0. The van der Waals surface area contributed by atoms with E-state index in [4.69, 9.17) is 61.8 Å². The molecule has 75 heavy (non-hydrogen) atoms. The Morgan fingerprint density at radius 1 is 0.667 bits per heavy atom. The maximum Gasteiger partial charge on any atom is 0.410 e.